The van der Waals surface area contributed by atoms with Gasteiger partial charge in [0.2, 0.25) is 5.91 Å². The number of amides is 2. The normalized spacial score (nSPS) is 11.8. The Labute approximate surface area is 130 Å². The third-order valence-electron chi connectivity index (χ3n) is 2.89. The van der Waals surface area contributed by atoms with Crippen LogP contribution in [0.1, 0.15) is 32.3 Å². The van der Waals surface area contributed by atoms with E-state index in [0.717, 1.165) is 5.56 Å². The molecule has 0 unspecified atom stereocenters. The Morgan fingerprint density at radius 3 is 2.45 bits per heavy atom. The van der Waals surface area contributed by atoms with Crippen molar-refractivity contribution < 1.29 is 18.7 Å². The highest BCUT2D eigenvalue weighted by Gasteiger charge is 2.15. The lowest BCUT2D eigenvalue weighted by Gasteiger charge is -2.16. The molecule has 0 aliphatic heterocycles. The molecule has 0 aromatic heterocycles. The number of alkyl halides is 1. The van der Waals surface area contributed by atoms with Gasteiger partial charge in [-0.1, -0.05) is 30.3 Å². The Balaban J connectivity index is 2.29. The van der Waals surface area contributed by atoms with E-state index in [1.807, 2.05) is 44.2 Å². The maximum atomic E-state index is 12.9. The number of nitrogens with one attached hydrogen (secondary N) is 2. The lowest BCUT2D eigenvalue weighted by Crippen LogP contribution is -2.38. The molecule has 0 heterocycles. The fraction of sp³-hybridized carbons (Fsp3) is 0.500. The molecule has 0 aliphatic rings. The summed E-state index contributed by atoms with van der Waals surface area (Å²) in [5.41, 5.74) is 0.853. The maximum Gasteiger partial charge on any atom is 0.407 e. The number of ether oxygens (including phenoxy) is 1. The Hall–Kier alpha value is -2.11. The first kappa shape index (κ1) is 17.9. The van der Waals surface area contributed by atoms with E-state index in [0.29, 0.717) is 0 Å². The molecule has 22 heavy (non-hydrogen) atoms. The van der Waals surface area contributed by atoms with E-state index in [2.05, 4.69) is 10.6 Å². The van der Waals surface area contributed by atoms with Crippen LogP contribution < -0.4 is 10.6 Å². The summed E-state index contributed by atoms with van der Waals surface area (Å²) in [6, 6.07) is 8.53. The zero-order valence-electron chi connectivity index (χ0n) is 13.0. The Kier molecular flexibility index (Phi) is 7.96. The highest BCUT2D eigenvalue weighted by Crippen LogP contribution is 2.03. The van der Waals surface area contributed by atoms with Crippen LogP contribution in [-0.2, 0) is 16.1 Å². The molecule has 0 aliphatic carbocycles. The van der Waals surface area contributed by atoms with Gasteiger partial charge in [0.15, 0.2) is 0 Å². The molecule has 0 saturated carbocycles. The summed E-state index contributed by atoms with van der Waals surface area (Å²) < 4.78 is 17.9. The van der Waals surface area contributed by atoms with Gasteiger partial charge in [-0.05, 0) is 25.8 Å². The van der Waals surface area contributed by atoms with E-state index in [4.69, 9.17) is 4.74 Å². The number of alkyl carbamates (subject to hydrolysis) is 1. The second-order valence-corrected chi connectivity index (χ2v) is 5.32. The minimum absolute atomic E-state index is 0.0418. The average Bonchev–Trinajstić information content (AvgIpc) is 2.49. The molecule has 2 amide bonds. The van der Waals surface area contributed by atoms with Crippen LogP contribution in [0.2, 0.25) is 0 Å². The van der Waals surface area contributed by atoms with Gasteiger partial charge >= 0.3 is 6.09 Å². The smallest absolute Gasteiger partial charge is 0.407 e. The maximum absolute atomic E-state index is 12.9. The summed E-state index contributed by atoms with van der Waals surface area (Å²) in [5, 5.41) is 5.15. The monoisotopic (exact) mass is 310 g/mol. The minimum Gasteiger partial charge on any atom is -0.445 e. The van der Waals surface area contributed by atoms with Crippen molar-refractivity contribution in [1.29, 1.82) is 0 Å². The molecule has 0 saturated heterocycles. The molecule has 6 heteroatoms. The number of hydrogen-bond donors (Lipinski definition) is 2. The Bertz CT molecular complexity index is 466. The third kappa shape index (κ3) is 7.61. The SMILES string of the molecule is CC(C)NC(=O)CC[C@@H](CF)NC(=O)OCc1ccccc1. The minimum atomic E-state index is -0.741. The van der Waals surface area contributed by atoms with Crippen LogP contribution in [0, 0.1) is 0 Å². The molecule has 2 N–H and O–H groups in total. The largest absolute Gasteiger partial charge is 0.445 e. The van der Waals surface area contributed by atoms with Gasteiger partial charge < -0.3 is 15.4 Å². The summed E-state index contributed by atoms with van der Waals surface area (Å²) in [6.45, 7) is 3.09. The van der Waals surface area contributed by atoms with Gasteiger partial charge in [-0.2, -0.15) is 0 Å². The number of halogens is 1. The second-order valence-electron chi connectivity index (χ2n) is 5.32. The van der Waals surface area contributed by atoms with Gasteiger partial charge in [-0.3, -0.25) is 4.79 Å². The number of carbonyl (C=O) groups is 2. The molecular weight excluding hydrogens is 287 g/mol. The molecule has 0 fully saturated rings. The van der Waals surface area contributed by atoms with Crippen LogP contribution in [0.4, 0.5) is 9.18 Å². The zero-order valence-corrected chi connectivity index (χ0v) is 13.0. The van der Waals surface area contributed by atoms with Gasteiger partial charge in [-0.25, -0.2) is 9.18 Å². The van der Waals surface area contributed by atoms with Crippen LogP contribution in [-0.4, -0.2) is 30.8 Å². The molecule has 5 nitrogen and oxygen atoms in total. The summed E-state index contributed by atoms with van der Waals surface area (Å²) in [7, 11) is 0. The van der Waals surface area contributed by atoms with Crippen LogP contribution in [0.5, 0.6) is 0 Å². The predicted octanol–water partition coefficient (Wildman–Crippen LogP) is 2.56. The van der Waals surface area contributed by atoms with Gasteiger partial charge in [0.25, 0.3) is 0 Å². The van der Waals surface area contributed by atoms with E-state index < -0.39 is 18.8 Å². The molecule has 0 spiro atoms. The van der Waals surface area contributed by atoms with Crippen molar-refractivity contribution in [1.82, 2.24) is 10.6 Å². The fourth-order valence-electron chi connectivity index (χ4n) is 1.82. The van der Waals surface area contributed by atoms with E-state index in [1.54, 1.807) is 0 Å². The zero-order chi connectivity index (χ0) is 16.4. The van der Waals surface area contributed by atoms with E-state index in [-0.39, 0.29) is 31.4 Å². The van der Waals surface area contributed by atoms with Crippen molar-refractivity contribution in [3.63, 3.8) is 0 Å². The summed E-state index contributed by atoms with van der Waals surface area (Å²) in [5.74, 6) is -0.159. The lowest BCUT2D eigenvalue weighted by molar-refractivity contribution is -0.121. The molecule has 1 aromatic carbocycles. The second kappa shape index (κ2) is 9.76. The molecular formula is C16H23FN2O3. The van der Waals surface area contributed by atoms with Crippen molar-refractivity contribution in [2.75, 3.05) is 6.67 Å². The Morgan fingerprint density at radius 2 is 1.86 bits per heavy atom. The first-order valence-corrected chi connectivity index (χ1v) is 7.33. The van der Waals surface area contributed by atoms with Gasteiger partial charge in [0.05, 0.1) is 6.04 Å². The van der Waals surface area contributed by atoms with Gasteiger partial charge in [-0.15, -0.1) is 0 Å². The van der Waals surface area contributed by atoms with Crippen molar-refractivity contribution in [2.45, 2.75) is 45.4 Å². The standard InChI is InChI=1S/C16H23FN2O3/c1-12(2)18-15(20)9-8-14(10-17)19-16(21)22-11-13-6-4-3-5-7-13/h3-7,12,14H,8-11H2,1-2H3,(H,18,20)(H,19,21)/t14-/m0/s1. The predicted molar refractivity (Wildman–Crippen MR) is 82.0 cm³/mol. The number of rotatable bonds is 8. The van der Waals surface area contributed by atoms with Gasteiger partial charge in [0.1, 0.15) is 13.3 Å². The van der Waals surface area contributed by atoms with Crippen molar-refractivity contribution >= 4 is 12.0 Å². The first-order valence-electron chi connectivity index (χ1n) is 7.33. The van der Waals surface area contributed by atoms with Gasteiger partial charge in [0, 0.05) is 12.5 Å². The molecule has 1 atom stereocenters. The first-order chi connectivity index (χ1) is 10.5. The number of benzene rings is 1. The third-order valence-corrected chi connectivity index (χ3v) is 2.89. The quantitative estimate of drug-likeness (QED) is 0.775. The molecule has 1 aromatic rings. The summed E-state index contributed by atoms with van der Waals surface area (Å²) >= 11 is 0. The number of carbonyl (C=O) groups excluding carboxylic acids is 2. The average molecular weight is 310 g/mol. The van der Waals surface area contributed by atoms with E-state index in [9.17, 15) is 14.0 Å². The fourth-order valence-corrected chi connectivity index (χ4v) is 1.82. The van der Waals surface area contributed by atoms with Crippen LogP contribution in [0.3, 0.4) is 0 Å². The van der Waals surface area contributed by atoms with Crippen molar-refractivity contribution in [2.24, 2.45) is 0 Å². The molecule has 122 valence electrons. The Morgan fingerprint density at radius 1 is 1.18 bits per heavy atom. The summed E-state index contributed by atoms with van der Waals surface area (Å²) in [6.07, 6.45) is -0.294. The van der Waals surface area contributed by atoms with Crippen molar-refractivity contribution in [3.8, 4) is 0 Å². The van der Waals surface area contributed by atoms with E-state index in [1.165, 1.54) is 0 Å². The summed E-state index contributed by atoms with van der Waals surface area (Å²) in [4.78, 5) is 23.1. The van der Waals surface area contributed by atoms with E-state index >= 15 is 0 Å². The molecule has 0 bridgehead atoms. The van der Waals surface area contributed by atoms with Crippen LogP contribution >= 0.6 is 0 Å². The van der Waals surface area contributed by atoms with Crippen molar-refractivity contribution in [3.05, 3.63) is 35.9 Å². The lowest BCUT2D eigenvalue weighted by atomic mass is 10.1. The highest BCUT2D eigenvalue weighted by atomic mass is 19.1. The number of hydrogen-bond acceptors (Lipinski definition) is 3. The topological polar surface area (TPSA) is 67.4 Å². The van der Waals surface area contributed by atoms with Crippen LogP contribution in [0.15, 0.2) is 30.3 Å². The molecule has 1 rings (SSSR count). The molecule has 0 radical (unpaired) electrons. The highest BCUT2D eigenvalue weighted by molar-refractivity contribution is 5.76. The van der Waals surface area contributed by atoms with Crippen LogP contribution in [0.25, 0.3) is 0 Å².